The molecule has 1 amide bonds. The number of aromatic nitrogens is 2. The third-order valence-electron chi connectivity index (χ3n) is 2.68. The second-order valence-corrected chi connectivity index (χ2v) is 4.09. The SMILES string of the molecule is CCN(C)C(=O)C(C)Nc1nc(NN)ncc1C. The second kappa shape index (κ2) is 6.15. The Kier molecular flexibility index (Phi) is 4.85. The maximum absolute atomic E-state index is 11.9. The van der Waals surface area contributed by atoms with E-state index >= 15 is 0 Å². The molecule has 7 heteroatoms. The fraction of sp³-hybridized carbons (Fsp3) is 0.545. The van der Waals surface area contributed by atoms with Crippen LogP contribution in [-0.4, -0.2) is 40.4 Å². The first kappa shape index (κ1) is 14.2. The molecule has 1 aromatic rings. The van der Waals surface area contributed by atoms with E-state index in [9.17, 15) is 4.79 Å². The van der Waals surface area contributed by atoms with Gasteiger partial charge in [-0.3, -0.25) is 10.2 Å². The monoisotopic (exact) mass is 252 g/mol. The molecule has 0 radical (unpaired) electrons. The van der Waals surface area contributed by atoms with Crippen LogP contribution >= 0.6 is 0 Å². The van der Waals surface area contributed by atoms with Crippen LogP contribution in [0, 0.1) is 6.92 Å². The topological polar surface area (TPSA) is 96.2 Å². The van der Waals surface area contributed by atoms with Crippen molar-refractivity contribution in [1.29, 1.82) is 0 Å². The summed E-state index contributed by atoms with van der Waals surface area (Å²) in [7, 11) is 1.76. The lowest BCUT2D eigenvalue weighted by Crippen LogP contribution is -2.39. The largest absolute Gasteiger partial charge is 0.358 e. The summed E-state index contributed by atoms with van der Waals surface area (Å²) in [4.78, 5) is 21.7. The van der Waals surface area contributed by atoms with Crippen LogP contribution in [0.5, 0.6) is 0 Å². The molecule has 7 nitrogen and oxygen atoms in total. The average molecular weight is 252 g/mol. The van der Waals surface area contributed by atoms with E-state index < -0.39 is 0 Å². The van der Waals surface area contributed by atoms with E-state index in [4.69, 9.17) is 5.84 Å². The van der Waals surface area contributed by atoms with Gasteiger partial charge in [-0.25, -0.2) is 10.8 Å². The number of nitrogens with one attached hydrogen (secondary N) is 2. The van der Waals surface area contributed by atoms with Crippen molar-refractivity contribution in [2.24, 2.45) is 5.84 Å². The van der Waals surface area contributed by atoms with E-state index in [1.807, 2.05) is 13.8 Å². The minimum atomic E-state index is -0.353. The summed E-state index contributed by atoms with van der Waals surface area (Å²) < 4.78 is 0. The van der Waals surface area contributed by atoms with Crippen molar-refractivity contribution in [3.05, 3.63) is 11.8 Å². The number of hydrogen-bond donors (Lipinski definition) is 3. The first-order valence-electron chi connectivity index (χ1n) is 5.81. The highest BCUT2D eigenvalue weighted by Crippen LogP contribution is 2.13. The molecule has 0 saturated heterocycles. The van der Waals surface area contributed by atoms with Crippen LogP contribution in [0.2, 0.25) is 0 Å². The van der Waals surface area contributed by atoms with Gasteiger partial charge in [0.25, 0.3) is 0 Å². The van der Waals surface area contributed by atoms with Gasteiger partial charge in [0.15, 0.2) is 0 Å². The lowest BCUT2D eigenvalue weighted by Gasteiger charge is -2.21. The van der Waals surface area contributed by atoms with Gasteiger partial charge >= 0.3 is 0 Å². The summed E-state index contributed by atoms with van der Waals surface area (Å²) >= 11 is 0. The summed E-state index contributed by atoms with van der Waals surface area (Å²) in [6.07, 6.45) is 1.64. The van der Waals surface area contributed by atoms with E-state index in [0.29, 0.717) is 18.3 Å². The molecule has 0 aliphatic carbocycles. The molecule has 1 aromatic heterocycles. The summed E-state index contributed by atoms with van der Waals surface area (Å²) in [5.41, 5.74) is 3.23. The van der Waals surface area contributed by atoms with Crippen molar-refractivity contribution in [3.8, 4) is 0 Å². The zero-order valence-electron chi connectivity index (χ0n) is 11.2. The Bertz CT molecular complexity index is 422. The molecule has 0 fully saturated rings. The fourth-order valence-electron chi connectivity index (χ4n) is 1.41. The normalized spacial score (nSPS) is 11.8. The number of hydrazine groups is 1. The Balaban J connectivity index is 2.80. The molecular weight excluding hydrogens is 232 g/mol. The highest BCUT2D eigenvalue weighted by molar-refractivity contribution is 5.84. The third-order valence-corrected chi connectivity index (χ3v) is 2.68. The molecule has 0 aliphatic heterocycles. The van der Waals surface area contributed by atoms with Crippen LogP contribution in [0.1, 0.15) is 19.4 Å². The molecule has 4 N–H and O–H groups in total. The third kappa shape index (κ3) is 3.30. The van der Waals surface area contributed by atoms with Crippen LogP contribution in [0.3, 0.4) is 0 Å². The van der Waals surface area contributed by atoms with Gasteiger partial charge in [-0.1, -0.05) is 0 Å². The standard InChI is InChI=1S/C11H20N6O/c1-5-17(4)10(18)8(3)14-9-7(2)6-13-11(15-9)16-12/h6,8H,5,12H2,1-4H3,(H2,13,14,15,16). The number of anilines is 2. The molecule has 1 rings (SSSR count). The van der Waals surface area contributed by atoms with Crippen LogP contribution in [0.25, 0.3) is 0 Å². The minimum Gasteiger partial charge on any atom is -0.358 e. The molecule has 0 saturated carbocycles. The van der Waals surface area contributed by atoms with Crippen molar-refractivity contribution in [2.45, 2.75) is 26.8 Å². The number of likely N-dealkylation sites (N-methyl/N-ethyl adjacent to an activating group) is 1. The van der Waals surface area contributed by atoms with Gasteiger partial charge in [0.1, 0.15) is 11.9 Å². The van der Waals surface area contributed by atoms with E-state index in [1.54, 1.807) is 25.1 Å². The Morgan fingerprint density at radius 2 is 2.28 bits per heavy atom. The van der Waals surface area contributed by atoms with Crippen LogP contribution in [-0.2, 0) is 4.79 Å². The number of nitrogens with two attached hydrogens (primary N) is 1. The molecule has 1 atom stereocenters. The highest BCUT2D eigenvalue weighted by atomic mass is 16.2. The summed E-state index contributed by atoms with van der Waals surface area (Å²) in [6, 6.07) is -0.353. The number of nitrogens with zero attached hydrogens (tertiary/aromatic N) is 3. The number of amides is 1. The molecular formula is C11H20N6O. The van der Waals surface area contributed by atoms with Crippen molar-refractivity contribution >= 4 is 17.7 Å². The maximum Gasteiger partial charge on any atom is 0.244 e. The fourth-order valence-corrected chi connectivity index (χ4v) is 1.41. The van der Waals surface area contributed by atoms with E-state index in [-0.39, 0.29) is 11.9 Å². The Morgan fingerprint density at radius 1 is 1.61 bits per heavy atom. The second-order valence-electron chi connectivity index (χ2n) is 4.09. The number of carbonyl (C=O) groups excluding carboxylic acids is 1. The molecule has 0 spiro atoms. The molecule has 100 valence electrons. The Labute approximate surface area is 107 Å². The van der Waals surface area contributed by atoms with Gasteiger partial charge in [0, 0.05) is 25.4 Å². The zero-order valence-corrected chi connectivity index (χ0v) is 11.2. The molecule has 18 heavy (non-hydrogen) atoms. The van der Waals surface area contributed by atoms with E-state index in [1.165, 1.54) is 0 Å². The van der Waals surface area contributed by atoms with Gasteiger partial charge in [0.2, 0.25) is 11.9 Å². The van der Waals surface area contributed by atoms with Crippen LogP contribution in [0.4, 0.5) is 11.8 Å². The predicted octanol–water partition coefficient (Wildman–Crippen LogP) is 0.349. The summed E-state index contributed by atoms with van der Waals surface area (Å²) in [5.74, 6) is 6.17. The number of carbonyl (C=O) groups is 1. The van der Waals surface area contributed by atoms with Crippen molar-refractivity contribution in [2.75, 3.05) is 24.3 Å². The van der Waals surface area contributed by atoms with E-state index in [2.05, 4.69) is 20.7 Å². The number of hydrogen-bond acceptors (Lipinski definition) is 6. The van der Waals surface area contributed by atoms with Crippen molar-refractivity contribution < 1.29 is 4.79 Å². The van der Waals surface area contributed by atoms with Gasteiger partial charge in [-0.05, 0) is 20.8 Å². The van der Waals surface area contributed by atoms with Crippen LogP contribution < -0.4 is 16.6 Å². The average Bonchev–Trinajstić information content (AvgIpc) is 2.39. The van der Waals surface area contributed by atoms with Crippen molar-refractivity contribution in [3.63, 3.8) is 0 Å². The van der Waals surface area contributed by atoms with Crippen LogP contribution in [0.15, 0.2) is 6.20 Å². The Hall–Kier alpha value is -1.89. The number of aryl methyl sites for hydroxylation is 1. The van der Waals surface area contributed by atoms with E-state index in [0.717, 1.165) is 5.56 Å². The van der Waals surface area contributed by atoms with Gasteiger partial charge < -0.3 is 10.2 Å². The molecule has 0 aromatic carbocycles. The minimum absolute atomic E-state index is 0.0118. The lowest BCUT2D eigenvalue weighted by molar-refractivity contribution is -0.130. The molecule has 0 aliphatic rings. The Morgan fingerprint density at radius 3 is 2.83 bits per heavy atom. The smallest absolute Gasteiger partial charge is 0.244 e. The number of nitrogen functional groups attached to an aromatic ring is 1. The molecule has 1 heterocycles. The quantitative estimate of drug-likeness (QED) is 0.517. The van der Waals surface area contributed by atoms with Gasteiger partial charge in [0.05, 0.1) is 0 Å². The predicted molar refractivity (Wildman–Crippen MR) is 71.0 cm³/mol. The van der Waals surface area contributed by atoms with Gasteiger partial charge in [-0.2, -0.15) is 4.98 Å². The molecule has 1 unspecified atom stereocenters. The maximum atomic E-state index is 11.9. The lowest BCUT2D eigenvalue weighted by atomic mass is 10.2. The summed E-state index contributed by atoms with van der Waals surface area (Å²) in [6.45, 7) is 6.26. The first-order valence-corrected chi connectivity index (χ1v) is 5.81. The summed E-state index contributed by atoms with van der Waals surface area (Å²) in [5, 5.41) is 3.06. The first-order chi connectivity index (χ1) is 8.49. The molecule has 0 bridgehead atoms. The van der Waals surface area contributed by atoms with Gasteiger partial charge in [-0.15, -0.1) is 0 Å². The number of rotatable bonds is 5. The zero-order chi connectivity index (χ0) is 13.7. The highest BCUT2D eigenvalue weighted by Gasteiger charge is 2.17. The van der Waals surface area contributed by atoms with Crippen molar-refractivity contribution in [1.82, 2.24) is 14.9 Å².